The van der Waals surface area contributed by atoms with Crippen molar-refractivity contribution in [2.24, 2.45) is 11.8 Å². The van der Waals surface area contributed by atoms with E-state index >= 15 is 0 Å². The molecule has 0 spiro atoms. The molecule has 0 aromatic rings. The molecule has 1 saturated carbocycles. The first-order valence-electron chi connectivity index (χ1n) is 7.08. The normalized spacial score (nSPS) is 26.2. The Balaban J connectivity index is 1.71. The minimum atomic E-state index is -4.00. The summed E-state index contributed by atoms with van der Waals surface area (Å²) in [5.74, 6) is -0.147. The van der Waals surface area contributed by atoms with E-state index in [9.17, 15) is 18.0 Å². The Morgan fingerprint density at radius 3 is 2.24 bits per heavy atom. The molecule has 21 heavy (non-hydrogen) atoms. The Labute approximate surface area is 128 Å². The molecule has 1 aliphatic heterocycles. The minimum absolute atomic E-state index is 0.0567. The third-order valence-electron chi connectivity index (χ3n) is 3.96. The smallest absolute Gasteiger partial charge is 0.314 e. The van der Waals surface area contributed by atoms with Crippen molar-refractivity contribution in [2.75, 3.05) is 25.4 Å². The van der Waals surface area contributed by atoms with E-state index in [4.69, 9.17) is 4.55 Å². The molecule has 2 N–H and O–H groups in total. The molecule has 0 unspecified atom stereocenters. The highest BCUT2D eigenvalue weighted by molar-refractivity contribution is 8.69. The highest BCUT2D eigenvalue weighted by Crippen LogP contribution is 2.37. The van der Waals surface area contributed by atoms with E-state index in [1.54, 1.807) is 0 Å². The number of fused-ring (bicyclic) bond motifs is 1. The van der Waals surface area contributed by atoms with Gasteiger partial charge in [-0.3, -0.25) is 19.0 Å². The maximum absolute atomic E-state index is 12.2. The van der Waals surface area contributed by atoms with Gasteiger partial charge in [-0.15, -0.1) is 0 Å². The molecule has 0 bridgehead atoms. The van der Waals surface area contributed by atoms with Crippen molar-refractivity contribution in [3.8, 4) is 0 Å². The van der Waals surface area contributed by atoms with Gasteiger partial charge < -0.3 is 5.32 Å². The molecule has 120 valence electrons. The lowest BCUT2D eigenvalue weighted by atomic mass is 9.81. The van der Waals surface area contributed by atoms with Crippen molar-refractivity contribution in [3.05, 3.63) is 0 Å². The highest BCUT2D eigenvalue weighted by Gasteiger charge is 2.47. The van der Waals surface area contributed by atoms with E-state index in [0.717, 1.165) is 25.7 Å². The van der Waals surface area contributed by atoms with Crippen LogP contribution in [0.15, 0.2) is 0 Å². The summed E-state index contributed by atoms with van der Waals surface area (Å²) in [5.41, 5.74) is 0. The fourth-order valence-corrected chi connectivity index (χ4v) is 4.31. The zero-order valence-electron chi connectivity index (χ0n) is 11.7. The maximum atomic E-state index is 12.2. The number of carbonyl (C=O) groups excluding carboxylic acids is 2. The summed E-state index contributed by atoms with van der Waals surface area (Å²) in [6.45, 7) is 1.14. The molecule has 0 aromatic heterocycles. The summed E-state index contributed by atoms with van der Waals surface area (Å²) in [7, 11) is -3.55. The molecule has 0 radical (unpaired) electrons. The van der Waals surface area contributed by atoms with Crippen molar-refractivity contribution in [1.29, 1.82) is 0 Å². The van der Waals surface area contributed by atoms with Crippen molar-refractivity contribution in [2.45, 2.75) is 25.7 Å². The second-order valence-electron chi connectivity index (χ2n) is 5.33. The standard InChI is InChI=1S/C12H20N2O5S2/c15-11-9-3-1-2-4-10(9)12(16)14(11)7-5-13-6-8-20-21(17,18)19/h9-10,13H,1-8H2,(H,17,18,19)/t9-,10+. The number of rotatable bonds is 7. The number of amides is 2. The van der Waals surface area contributed by atoms with Gasteiger partial charge in [-0.25, -0.2) is 0 Å². The SMILES string of the molecule is O=C1[C@H]2CCCC[C@H]2C(=O)N1CCNCCSS(=O)(=O)O. The number of hydrogen-bond acceptors (Lipinski definition) is 6. The van der Waals surface area contributed by atoms with E-state index in [1.165, 1.54) is 4.90 Å². The molecule has 2 fully saturated rings. The van der Waals surface area contributed by atoms with Gasteiger partial charge in [0.2, 0.25) is 11.8 Å². The molecule has 2 rings (SSSR count). The molecule has 2 aliphatic rings. The quantitative estimate of drug-likeness (QED) is 0.298. The van der Waals surface area contributed by atoms with Crippen LogP contribution in [0.5, 0.6) is 0 Å². The Morgan fingerprint density at radius 1 is 1.14 bits per heavy atom. The van der Waals surface area contributed by atoms with E-state index in [-0.39, 0.29) is 29.4 Å². The lowest BCUT2D eigenvalue weighted by Crippen LogP contribution is -2.37. The number of hydrogen-bond donors (Lipinski definition) is 2. The predicted octanol–water partition coefficient (Wildman–Crippen LogP) is 0.287. The van der Waals surface area contributed by atoms with E-state index in [1.807, 2.05) is 0 Å². The number of nitrogens with zero attached hydrogens (tertiary/aromatic N) is 1. The summed E-state index contributed by atoms with van der Waals surface area (Å²) in [6, 6.07) is 0. The van der Waals surface area contributed by atoms with Gasteiger partial charge in [0, 0.05) is 25.4 Å². The Morgan fingerprint density at radius 2 is 1.71 bits per heavy atom. The molecule has 2 atom stereocenters. The Kier molecular flexibility index (Phi) is 5.64. The van der Waals surface area contributed by atoms with Crippen LogP contribution in [0.3, 0.4) is 0 Å². The summed E-state index contributed by atoms with van der Waals surface area (Å²) in [5, 5.41) is 2.96. The number of nitrogens with one attached hydrogen (secondary N) is 1. The van der Waals surface area contributed by atoms with Crippen LogP contribution >= 0.6 is 10.8 Å². The molecule has 0 aromatic carbocycles. The van der Waals surface area contributed by atoms with Gasteiger partial charge >= 0.3 is 9.15 Å². The van der Waals surface area contributed by atoms with Crippen LogP contribution in [0.4, 0.5) is 0 Å². The lowest BCUT2D eigenvalue weighted by molar-refractivity contribution is -0.139. The maximum Gasteiger partial charge on any atom is 0.319 e. The molecule has 9 heteroatoms. The second kappa shape index (κ2) is 7.08. The van der Waals surface area contributed by atoms with Crippen molar-refractivity contribution >= 4 is 31.8 Å². The Bertz CT molecular complexity index is 484. The van der Waals surface area contributed by atoms with Crippen molar-refractivity contribution in [3.63, 3.8) is 0 Å². The molecule has 7 nitrogen and oxygen atoms in total. The zero-order valence-corrected chi connectivity index (χ0v) is 13.3. The molecular weight excluding hydrogens is 316 g/mol. The minimum Gasteiger partial charge on any atom is -0.314 e. The van der Waals surface area contributed by atoms with Crippen LogP contribution in [-0.4, -0.2) is 55.1 Å². The molecule has 1 aliphatic carbocycles. The molecule has 1 heterocycles. The second-order valence-corrected chi connectivity index (χ2v) is 8.80. The third kappa shape index (κ3) is 4.41. The molecule has 1 saturated heterocycles. The van der Waals surface area contributed by atoms with E-state index < -0.39 is 9.15 Å². The van der Waals surface area contributed by atoms with Crippen LogP contribution < -0.4 is 5.32 Å². The highest BCUT2D eigenvalue weighted by atomic mass is 33.1. The summed E-state index contributed by atoms with van der Waals surface area (Å²) in [4.78, 5) is 25.7. The largest absolute Gasteiger partial charge is 0.319 e. The number of imide groups is 1. The average molecular weight is 336 g/mol. The average Bonchev–Trinajstić information content (AvgIpc) is 2.66. The monoisotopic (exact) mass is 336 g/mol. The van der Waals surface area contributed by atoms with Gasteiger partial charge in [0.05, 0.1) is 11.8 Å². The van der Waals surface area contributed by atoms with Crippen molar-refractivity contribution in [1.82, 2.24) is 10.2 Å². The summed E-state index contributed by atoms with van der Waals surface area (Å²) < 4.78 is 29.5. The van der Waals surface area contributed by atoms with E-state index in [0.29, 0.717) is 30.4 Å². The third-order valence-corrected chi connectivity index (χ3v) is 6.02. The van der Waals surface area contributed by atoms with Gasteiger partial charge in [0.15, 0.2) is 0 Å². The van der Waals surface area contributed by atoms with Gasteiger partial charge in [-0.05, 0) is 23.6 Å². The van der Waals surface area contributed by atoms with Crippen LogP contribution in [0.2, 0.25) is 0 Å². The zero-order chi connectivity index (χ0) is 15.5. The fraction of sp³-hybridized carbons (Fsp3) is 0.833. The van der Waals surface area contributed by atoms with Crippen LogP contribution in [0.1, 0.15) is 25.7 Å². The van der Waals surface area contributed by atoms with Gasteiger partial charge in [0.1, 0.15) is 0 Å². The first kappa shape index (κ1) is 16.7. The number of likely N-dealkylation sites (tertiary alicyclic amines) is 1. The topological polar surface area (TPSA) is 104 Å². The predicted molar refractivity (Wildman–Crippen MR) is 79.0 cm³/mol. The van der Waals surface area contributed by atoms with E-state index in [2.05, 4.69) is 5.32 Å². The Hall–Kier alpha value is -0.640. The van der Waals surface area contributed by atoms with Crippen LogP contribution in [-0.2, 0) is 18.7 Å². The van der Waals surface area contributed by atoms with Crippen molar-refractivity contribution < 1.29 is 22.6 Å². The van der Waals surface area contributed by atoms with Gasteiger partial charge in [0.25, 0.3) is 0 Å². The summed E-state index contributed by atoms with van der Waals surface area (Å²) in [6.07, 6.45) is 3.65. The first-order valence-corrected chi connectivity index (χ1v) is 10.0. The molecular formula is C12H20N2O5S2. The number of carbonyl (C=O) groups is 2. The summed E-state index contributed by atoms with van der Waals surface area (Å²) >= 11 is 0. The van der Waals surface area contributed by atoms with Crippen LogP contribution in [0, 0.1) is 11.8 Å². The van der Waals surface area contributed by atoms with Gasteiger partial charge in [-0.1, -0.05) is 12.8 Å². The lowest BCUT2D eigenvalue weighted by Gasteiger charge is -2.19. The van der Waals surface area contributed by atoms with Crippen LogP contribution in [0.25, 0.3) is 0 Å². The fourth-order valence-electron chi connectivity index (χ4n) is 2.99. The molecule has 2 amide bonds. The first-order chi connectivity index (χ1) is 9.90. The van der Waals surface area contributed by atoms with Gasteiger partial charge in [-0.2, -0.15) is 8.42 Å².